The highest BCUT2D eigenvalue weighted by Gasteiger charge is 2.29. The molecule has 0 saturated heterocycles. The second kappa shape index (κ2) is 9.01. The first-order valence-electron chi connectivity index (χ1n) is 9.86. The Morgan fingerprint density at radius 2 is 2.16 bits per heavy atom. The van der Waals surface area contributed by atoms with E-state index in [0.29, 0.717) is 28.5 Å². The molecule has 1 aliphatic rings. The minimum Gasteiger partial charge on any atom is -0.376 e. The van der Waals surface area contributed by atoms with Gasteiger partial charge in [-0.1, -0.05) is 23.8 Å². The van der Waals surface area contributed by atoms with Crippen LogP contribution >= 0.6 is 11.6 Å². The fraction of sp³-hybridized carbons (Fsp3) is 0.333. The standard InChI is InChI=1S/C21H24ClN7O2/c1-27(2)9-10-28-19(15-11-14(22)5-6-18(15)31-3)17(13-25-28)26-21(30)16-12-24-29-8-4-7-23-20(16)29/h4-8,11-13,15,18H,9-10H2,1-3H3,(H,26,30). The first-order valence-corrected chi connectivity index (χ1v) is 10.2. The number of carbonyl (C=O) groups excluding carboxylic acids is 1. The fourth-order valence-electron chi connectivity index (χ4n) is 3.58. The number of anilines is 1. The number of nitrogens with zero attached hydrogens (tertiary/aromatic N) is 6. The van der Waals surface area contributed by atoms with Gasteiger partial charge in [0, 0.05) is 31.1 Å². The van der Waals surface area contributed by atoms with E-state index in [9.17, 15) is 4.79 Å². The van der Waals surface area contributed by atoms with Crippen LogP contribution in [-0.2, 0) is 11.3 Å². The van der Waals surface area contributed by atoms with Gasteiger partial charge in [0.1, 0.15) is 5.56 Å². The largest absolute Gasteiger partial charge is 0.376 e. The van der Waals surface area contributed by atoms with Gasteiger partial charge in [0.15, 0.2) is 5.65 Å². The Morgan fingerprint density at radius 1 is 1.32 bits per heavy atom. The van der Waals surface area contributed by atoms with Crippen molar-refractivity contribution in [3.63, 3.8) is 0 Å². The van der Waals surface area contributed by atoms with E-state index in [4.69, 9.17) is 16.3 Å². The summed E-state index contributed by atoms with van der Waals surface area (Å²) in [6.45, 7) is 1.44. The average molecular weight is 442 g/mol. The Kier molecular flexibility index (Phi) is 6.17. The summed E-state index contributed by atoms with van der Waals surface area (Å²) in [4.78, 5) is 19.4. The average Bonchev–Trinajstić information content (AvgIpc) is 3.36. The summed E-state index contributed by atoms with van der Waals surface area (Å²) in [6, 6.07) is 1.76. The number of hydrogen-bond acceptors (Lipinski definition) is 6. The molecule has 4 rings (SSSR count). The third-order valence-corrected chi connectivity index (χ3v) is 5.39. The van der Waals surface area contributed by atoms with E-state index >= 15 is 0 Å². The Morgan fingerprint density at radius 3 is 2.94 bits per heavy atom. The minimum absolute atomic E-state index is 0.204. The molecule has 1 amide bonds. The van der Waals surface area contributed by atoms with Crippen LogP contribution in [0.1, 0.15) is 22.0 Å². The molecule has 1 aliphatic carbocycles. The molecule has 162 valence electrons. The lowest BCUT2D eigenvalue weighted by molar-refractivity contribution is 0.102. The van der Waals surface area contributed by atoms with E-state index in [1.54, 1.807) is 36.3 Å². The van der Waals surface area contributed by atoms with Gasteiger partial charge in [-0.3, -0.25) is 9.48 Å². The van der Waals surface area contributed by atoms with Crippen molar-refractivity contribution in [2.75, 3.05) is 33.1 Å². The topological polar surface area (TPSA) is 89.6 Å². The zero-order chi connectivity index (χ0) is 22.0. The number of allylic oxidation sites excluding steroid dienone is 2. The van der Waals surface area contributed by atoms with Crippen molar-refractivity contribution in [2.24, 2.45) is 0 Å². The second-order valence-corrected chi connectivity index (χ2v) is 7.94. The van der Waals surface area contributed by atoms with E-state index < -0.39 is 0 Å². The lowest BCUT2D eigenvalue weighted by atomic mass is 9.93. The Bertz CT molecular complexity index is 1150. The van der Waals surface area contributed by atoms with Crippen molar-refractivity contribution in [3.8, 4) is 0 Å². The van der Waals surface area contributed by atoms with E-state index in [0.717, 1.165) is 12.2 Å². The van der Waals surface area contributed by atoms with Crippen molar-refractivity contribution in [2.45, 2.75) is 18.6 Å². The fourth-order valence-corrected chi connectivity index (χ4v) is 3.79. The third kappa shape index (κ3) is 4.39. The van der Waals surface area contributed by atoms with Gasteiger partial charge in [-0.25, -0.2) is 9.50 Å². The van der Waals surface area contributed by atoms with Gasteiger partial charge >= 0.3 is 0 Å². The summed E-state index contributed by atoms with van der Waals surface area (Å²) in [5, 5.41) is 12.3. The Hall–Kier alpha value is -3.01. The molecule has 0 saturated carbocycles. The number of likely N-dealkylation sites (N-methyl/N-ethyl adjacent to an activating group) is 1. The van der Waals surface area contributed by atoms with Crippen molar-refractivity contribution >= 4 is 28.8 Å². The predicted octanol–water partition coefficient (Wildman–Crippen LogP) is 2.53. The van der Waals surface area contributed by atoms with Crippen LogP contribution in [0.5, 0.6) is 0 Å². The molecule has 3 aromatic heterocycles. The summed E-state index contributed by atoms with van der Waals surface area (Å²) in [5.41, 5.74) is 2.30. The lowest BCUT2D eigenvalue weighted by Crippen LogP contribution is -2.26. The molecule has 3 aromatic rings. The maximum atomic E-state index is 13.1. The van der Waals surface area contributed by atoms with E-state index in [2.05, 4.69) is 25.4 Å². The zero-order valence-corrected chi connectivity index (χ0v) is 18.3. The summed E-state index contributed by atoms with van der Waals surface area (Å²) < 4.78 is 9.12. The number of methoxy groups -OCH3 is 1. The highest BCUT2D eigenvalue weighted by Crippen LogP contribution is 2.35. The minimum atomic E-state index is -0.308. The lowest BCUT2D eigenvalue weighted by Gasteiger charge is -2.26. The summed E-state index contributed by atoms with van der Waals surface area (Å²) in [7, 11) is 5.66. The molecule has 1 N–H and O–H groups in total. The molecule has 10 heteroatoms. The molecule has 31 heavy (non-hydrogen) atoms. The van der Waals surface area contributed by atoms with Gasteiger partial charge in [0.05, 0.1) is 42.3 Å². The SMILES string of the molecule is COC1C=CC(Cl)=CC1c1c(NC(=O)c2cnn3cccnc23)cnn1CCN(C)C. The highest BCUT2D eigenvalue weighted by molar-refractivity contribution is 6.31. The van der Waals surface area contributed by atoms with Gasteiger partial charge < -0.3 is 15.0 Å². The normalized spacial score (nSPS) is 18.5. The van der Waals surface area contributed by atoms with Crippen LogP contribution in [-0.4, -0.2) is 69.0 Å². The number of rotatable bonds is 7. The molecule has 0 aliphatic heterocycles. The van der Waals surface area contributed by atoms with E-state index in [1.807, 2.05) is 37.0 Å². The van der Waals surface area contributed by atoms with Crippen molar-refractivity contribution in [1.82, 2.24) is 29.3 Å². The number of fused-ring (bicyclic) bond motifs is 1. The third-order valence-electron chi connectivity index (χ3n) is 5.14. The van der Waals surface area contributed by atoms with Gasteiger partial charge in [-0.15, -0.1) is 0 Å². The molecule has 0 fully saturated rings. The van der Waals surface area contributed by atoms with Crippen LogP contribution < -0.4 is 5.32 Å². The molecular weight excluding hydrogens is 418 g/mol. The van der Waals surface area contributed by atoms with Crippen molar-refractivity contribution in [3.05, 3.63) is 65.4 Å². The zero-order valence-electron chi connectivity index (χ0n) is 17.6. The molecule has 0 spiro atoms. The molecule has 9 nitrogen and oxygen atoms in total. The van der Waals surface area contributed by atoms with E-state index in [-0.39, 0.29) is 17.9 Å². The number of aromatic nitrogens is 5. The number of carbonyl (C=O) groups is 1. The quantitative estimate of drug-likeness (QED) is 0.606. The Balaban J connectivity index is 1.70. The first-order chi connectivity index (χ1) is 15.0. The van der Waals surface area contributed by atoms with Gasteiger partial charge in [0.25, 0.3) is 5.91 Å². The van der Waals surface area contributed by atoms with Crippen molar-refractivity contribution in [1.29, 1.82) is 0 Å². The number of amides is 1. The van der Waals surface area contributed by atoms with Gasteiger partial charge in [0.2, 0.25) is 0 Å². The van der Waals surface area contributed by atoms with Gasteiger partial charge in [-0.05, 0) is 26.2 Å². The van der Waals surface area contributed by atoms with Crippen LogP contribution in [0.4, 0.5) is 5.69 Å². The van der Waals surface area contributed by atoms with Crippen LogP contribution in [0.15, 0.2) is 54.1 Å². The number of ether oxygens (including phenoxy) is 1. The van der Waals surface area contributed by atoms with Crippen LogP contribution in [0.2, 0.25) is 0 Å². The van der Waals surface area contributed by atoms with E-state index in [1.165, 1.54) is 6.20 Å². The Labute approximate surface area is 185 Å². The summed E-state index contributed by atoms with van der Waals surface area (Å²) in [5.74, 6) is -0.512. The molecule has 3 heterocycles. The first kappa shape index (κ1) is 21.2. The summed E-state index contributed by atoms with van der Waals surface area (Å²) in [6.07, 6.45) is 12.0. The predicted molar refractivity (Wildman–Crippen MR) is 118 cm³/mol. The monoisotopic (exact) mass is 441 g/mol. The molecular formula is C21H24ClN7O2. The molecule has 0 bridgehead atoms. The second-order valence-electron chi connectivity index (χ2n) is 7.51. The smallest absolute Gasteiger partial charge is 0.261 e. The maximum absolute atomic E-state index is 13.1. The number of halogens is 1. The van der Waals surface area contributed by atoms with Crippen LogP contribution in [0, 0.1) is 0 Å². The number of hydrogen-bond donors (Lipinski definition) is 1. The molecule has 0 radical (unpaired) electrons. The van der Waals surface area contributed by atoms with Crippen molar-refractivity contribution < 1.29 is 9.53 Å². The molecule has 0 aromatic carbocycles. The van der Waals surface area contributed by atoms with Crippen LogP contribution in [0.25, 0.3) is 5.65 Å². The number of nitrogens with one attached hydrogen (secondary N) is 1. The highest BCUT2D eigenvalue weighted by atomic mass is 35.5. The maximum Gasteiger partial charge on any atom is 0.261 e. The molecule has 2 atom stereocenters. The summed E-state index contributed by atoms with van der Waals surface area (Å²) >= 11 is 6.31. The van der Waals surface area contributed by atoms with Crippen LogP contribution in [0.3, 0.4) is 0 Å². The molecule has 2 unspecified atom stereocenters. The van der Waals surface area contributed by atoms with Gasteiger partial charge in [-0.2, -0.15) is 10.2 Å².